The fraction of sp³-hybridized carbons (Fsp3) is 0.652. The number of hydrogen-bond acceptors (Lipinski definition) is 1. The molecule has 2 aliphatic carbocycles. The van der Waals surface area contributed by atoms with E-state index in [-0.39, 0.29) is 0 Å². The first-order valence-corrected chi connectivity index (χ1v) is 10.0. The zero-order valence-electron chi connectivity index (χ0n) is 15.5. The normalized spacial score (nSPS) is 31.4. The van der Waals surface area contributed by atoms with E-state index in [0.29, 0.717) is 0 Å². The Morgan fingerprint density at radius 2 is 1.46 bits per heavy atom. The molecule has 0 unspecified atom stereocenters. The molecule has 0 N–H and O–H groups in total. The first kappa shape index (κ1) is 17.7. The van der Waals surface area contributed by atoms with Gasteiger partial charge in [-0.25, -0.2) is 0 Å². The van der Waals surface area contributed by atoms with Gasteiger partial charge in [0.25, 0.3) is 0 Å². The van der Waals surface area contributed by atoms with Crippen LogP contribution >= 0.6 is 0 Å². The number of benzene rings is 1. The summed E-state index contributed by atoms with van der Waals surface area (Å²) in [4.78, 5) is 0. The van der Waals surface area contributed by atoms with Crippen LogP contribution in [0.5, 0.6) is 0 Å². The molecule has 0 spiro atoms. The first-order valence-electron chi connectivity index (χ1n) is 10.0. The summed E-state index contributed by atoms with van der Waals surface area (Å²) in [7, 11) is 1.77. The van der Waals surface area contributed by atoms with E-state index in [0.717, 1.165) is 30.3 Å². The highest BCUT2D eigenvalue weighted by Gasteiger charge is 2.30. The third-order valence-electron chi connectivity index (χ3n) is 6.48. The van der Waals surface area contributed by atoms with Gasteiger partial charge in [0.2, 0.25) is 0 Å². The van der Waals surface area contributed by atoms with E-state index in [4.69, 9.17) is 4.74 Å². The van der Waals surface area contributed by atoms with E-state index < -0.39 is 0 Å². The first-order chi connectivity index (χ1) is 11.8. The third kappa shape index (κ3) is 4.51. The molecule has 2 fully saturated rings. The summed E-state index contributed by atoms with van der Waals surface area (Å²) in [5, 5.41) is 0. The molecule has 0 aromatic heterocycles. The molecule has 1 aromatic carbocycles. The zero-order valence-corrected chi connectivity index (χ0v) is 15.5. The van der Waals surface area contributed by atoms with Crippen molar-refractivity contribution in [2.45, 2.75) is 70.8 Å². The molecule has 1 nitrogen and oxygen atoms in total. The predicted molar refractivity (Wildman–Crippen MR) is 102 cm³/mol. The lowest BCUT2D eigenvalue weighted by atomic mass is 9.68. The summed E-state index contributed by atoms with van der Waals surface area (Å²) < 4.78 is 5.21. The lowest BCUT2D eigenvalue weighted by molar-refractivity contribution is 0.171. The Morgan fingerprint density at radius 1 is 0.875 bits per heavy atom. The molecular weight excluding hydrogens is 292 g/mol. The molecule has 1 heteroatoms. The highest BCUT2D eigenvalue weighted by Crippen LogP contribution is 2.44. The molecule has 0 atom stereocenters. The van der Waals surface area contributed by atoms with Crippen LogP contribution in [-0.4, -0.2) is 7.11 Å². The minimum atomic E-state index is 0.725. The fourth-order valence-corrected chi connectivity index (χ4v) is 5.06. The van der Waals surface area contributed by atoms with Crippen LogP contribution in [-0.2, 0) is 11.3 Å². The highest BCUT2D eigenvalue weighted by molar-refractivity contribution is 5.25. The van der Waals surface area contributed by atoms with Crippen LogP contribution in [0.4, 0.5) is 0 Å². The SMILES string of the molecule is CC=C[C@H]1CC[C@H]([C@H]2CC[C@H](c3ccc(COC)cc3)CC2)CC1. The molecule has 0 aliphatic heterocycles. The maximum Gasteiger partial charge on any atom is 0.0713 e. The summed E-state index contributed by atoms with van der Waals surface area (Å²) in [5.74, 6) is 3.67. The van der Waals surface area contributed by atoms with Gasteiger partial charge in [-0.05, 0) is 93.1 Å². The lowest BCUT2D eigenvalue weighted by Crippen LogP contribution is -2.25. The third-order valence-corrected chi connectivity index (χ3v) is 6.48. The molecule has 0 amide bonds. The Morgan fingerprint density at radius 3 is 2.00 bits per heavy atom. The maximum atomic E-state index is 5.21. The van der Waals surface area contributed by atoms with Gasteiger partial charge in [0, 0.05) is 7.11 Å². The highest BCUT2D eigenvalue weighted by atomic mass is 16.5. The molecule has 2 aliphatic rings. The van der Waals surface area contributed by atoms with Crippen LogP contribution < -0.4 is 0 Å². The van der Waals surface area contributed by atoms with Crippen molar-refractivity contribution in [3.05, 3.63) is 47.5 Å². The molecule has 1 aromatic rings. The largest absolute Gasteiger partial charge is 0.380 e. The van der Waals surface area contributed by atoms with Crippen LogP contribution in [0, 0.1) is 17.8 Å². The van der Waals surface area contributed by atoms with E-state index in [9.17, 15) is 0 Å². The van der Waals surface area contributed by atoms with Crippen molar-refractivity contribution in [3.8, 4) is 0 Å². The van der Waals surface area contributed by atoms with Crippen molar-refractivity contribution >= 4 is 0 Å². The number of methoxy groups -OCH3 is 1. The second-order valence-electron chi connectivity index (χ2n) is 7.99. The van der Waals surface area contributed by atoms with E-state index in [2.05, 4.69) is 43.3 Å². The van der Waals surface area contributed by atoms with Gasteiger partial charge in [-0.3, -0.25) is 0 Å². The molecule has 0 heterocycles. The molecule has 132 valence electrons. The summed E-state index contributed by atoms with van der Waals surface area (Å²) >= 11 is 0. The summed E-state index contributed by atoms with van der Waals surface area (Å²) in [5.41, 5.74) is 2.83. The van der Waals surface area contributed by atoms with Gasteiger partial charge in [-0.1, -0.05) is 36.4 Å². The Kier molecular flexibility index (Phi) is 6.54. The van der Waals surface area contributed by atoms with Crippen molar-refractivity contribution in [1.82, 2.24) is 0 Å². The second-order valence-corrected chi connectivity index (χ2v) is 7.99. The number of hydrogen-bond donors (Lipinski definition) is 0. The van der Waals surface area contributed by atoms with Crippen molar-refractivity contribution in [2.75, 3.05) is 7.11 Å². The minimum absolute atomic E-state index is 0.725. The average Bonchev–Trinajstić information content (AvgIpc) is 2.64. The van der Waals surface area contributed by atoms with Crippen molar-refractivity contribution < 1.29 is 4.74 Å². The van der Waals surface area contributed by atoms with Gasteiger partial charge >= 0.3 is 0 Å². The zero-order chi connectivity index (χ0) is 16.8. The van der Waals surface area contributed by atoms with E-state index in [1.54, 1.807) is 12.7 Å². The molecule has 24 heavy (non-hydrogen) atoms. The molecule has 0 bridgehead atoms. The maximum absolute atomic E-state index is 5.21. The Hall–Kier alpha value is -1.08. The quantitative estimate of drug-likeness (QED) is 0.562. The van der Waals surface area contributed by atoms with Crippen LogP contribution in [0.15, 0.2) is 36.4 Å². The van der Waals surface area contributed by atoms with E-state index in [1.165, 1.54) is 56.9 Å². The van der Waals surface area contributed by atoms with E-state index in [1.807, 2.05) is 0 Å². The Labute approximate surface area is 148 Å². The van der Waals surface area contributed by atoms with Crippen LogP contribution in [0.25, 0.3) is 0 Å². The standard InChI is InChI=1S/C23H34O/c1-3-4-18-5-9-20(10-6-18)22-13-15-23(16-14-22)21-11-7-19(8-12-21)17-24-2/h3-4,7-8,11-12,18,20,22-23H,5-6,9-10,13-17H2,1-2H3/t18-,20-,22-,23-. The number of ether oxygens (including phenoxy) is 1. The van der Waals surface area contributed by atoms with Gasteiger partial charge in [-0.15, -0.1) is 0 Å². The molecule has 0 radical (unpaired) electrons. The topological polar surface area (TPSA) is 9.23 Å². The average molecular weight is 327 g/mol. The molecular formula is C23H34O. The Balaban J connectivity index is 1.47. The summed E-state index contributed by atoms with van der Waals surface area (Å²) in [6.07, 6.45) is 16.1. The number of rotatable bonds is 5. The van der Waals surface area contributed by atoms with Gasteiger partial charge in [0.1, 0.15) is 0 Å². The fourth-order valence-electron chi connectivity index (χ4n) is 5.06. The minimum Gasteiger partial charge on any atom is -0.380 e. The molecule has 3 rings (SSSR count). The van der Waals surface area contributed by atoms with E-state index >= 15 is 0 Å². The van der Waals surface area contributed by atoms with Crippen LogP contribution in [0.2, 0.25) is 0 Å². The van der Waals surface area contributed by atoms with Crippen molar-refractivity contribution in [1.29, 1.82) is 0 Å². The van der Waals surface area contributed by atoms with Crippen LogP contribution in [0.3, 0.4) is 0 Å². The lowest BCUT2D eigenvalue weighted by Gasteiger charge is -2.37. The van der Waals surface area contributed by atoms with Crippen LogP contribution in [0.1, 0.15) is 75.3 Å². The van der Waals surface area contributed by atoms with Crippen molar-refractivity contribution in [2.24, 2.45) is 17.8 Å². The Bertz CT molecular complexity index is 499. The van der Waals surface area contributed by atoms with Gasteiger partial charge in [0.05, 0.1) is 6.61 Å². The second kappa shape index (κ2) is 8.85. The summed E-state index contributed by atoms with van der Waals surface area (Å²) in [6, 6.07) is 9.16. The van der Waals surface area contributed by atoms with Gasteiger partial charge in [-0.2, -0.15) is 0 Å². The predicted octanol–water partition coefficient (Wildman–Crippen LogP) is 6.49. The van der Waals surface area contributed by atoms with Gasteiger partial charge < -0.3 is 4.74 Å². The number of allylic oxidation sites excluding steroid dienone is 2. The molecule has 0 saturated heterocycles. The smallest absolute Gasteiger partial charge is 0.0713 e. The van der Waals surface area contributed by atoms with Crippen molar-refractivity contribution in [3.63, 3.8) is 0 Å². The van der Waals surface area contributed by atoms with Gasteiger partial charge in [0.15, 0.2) is 0 Å². The monoisotopic (exact) mass is 326 g/mol. The summed E-state index contributed by atoms with van der Waals surface area (Å²) in [6.45, 7) is 2.89. The molecule has 2 saturated carbocycles.